The van der Waals surface area contributed by atoms with Gasteiger partial charge in [-0.25, -0.2) is 4.79 Å². The molecule has 872 valence electrons. The van der Waals surface area contributed by atoms with E-state index in [1.54, 1.807) is 6.08 Å². The zero-order valence-electron chi connectivity index (χ0n) is 86.1. The van der Waals surface area contributed by atoms with Crippen LogP contribution in [0.1, 0.15) is 222 Å². The van der Waals surface area contributed by atoms with Gasteiger partial charge < -0.3 is 239 Å². The number of carboxylic acids is 1. The standard InChI is InChI=1S/C97H170N4O49/c1-8-10-12-14-16-18-20-22-24-26-28-30-32-34-51(112)50(101-60(115)35-33-31-29-27-25-23-21-19-17-15-13-11-9-2)44-133-90-75(127)72(124)79(57(41-106)141-90)142-93-76(128)85(67(119)54(38-103)136-93)147-88-62(99-48(6)110)83(145-91-73(125)70(122)64(116)45(3)134-91)80(58(42-107)139-88)143-94-77(129)86(68(120)55(39-104)137-94)148-89-63(100-49(7)111)84(146-92-74(126)71(123)65(117)46(4)135-92)81(59(43-108)140-89)144-95-78(130)87(69(121)56(40-105)138-95)150-97(96(131)132)36-52(113)61(98-47(5)109)82(149-97)66(118)53(114)37-102/h32,34,45-46,50-59,61-95,102-108,112-114,116-130H,8-31,33,35-44H2,1-7H3,(H,98,109)(H,99,110)(H,100,111)(H,101,115)(H,131,132)/b34-32+/t45?,46?,50-,51+,52?,53+,54?,55?,56?,57?,58?,59?,61+,62?,63?,64+,65+,66+,67-,68-,69-,70?,71?,72+,73-,74-,75?,76?,77?,78?,79+,80+,81+,82?,83+,84+,85-,86-,87-,88-,89-,90+,91+,92+,93-,94-,95-,97-/m0/s1. The fraction of sp³-hybridized carbons (Fsp3) is 0.928. The predicted molar refractivity (Wildman–Crippen MR) is 508 cm³/mol. The summed E-state index contributed by atoms with van der Waals surface area (Å²) in [4.78, 5) is 67.2. The second-order valence-electron chi connectivity index (χ2n) is 40.5. The van der Waals surface area contributed by atoms with Crippen molar-refractivity contribution in [3.05, 3.63) is 12.2 Å². The lowest BCUT2D eigenvalue weighted by molar-refractivity contribution is -0.403. The van der Waals surface area contributed by atoms with Crippen molar-refractivity contribution in [1.29, 1.82) is 0 Å². The van der Waals surface area contributed by atoms with Gasteiger partial charge in [-0.05, 0) is 33.1 Å². The Bertz CT molecular complexity index is 3910. The molecule has 48 atom stereocenters. The molecule has 9 rings (SSSR count). The Morgan fingerprint density at radius 3 is 1.09 bits per heavy atom. The number of nitrogens with one attached hydrogen (secondary N) is 4. The number of ether oxygens (including phenoxy) is 18. The zero-order valence-corrected chi connectivity index (χ0v) is 86.1. The molecular formula is C97H170N4O49. The fourth-order valence-corrected chi connectivity index (χ4v) is 20.2. The summed E-state index contributed by atoms with van der Waals surface area (Å²) in [5, 5.41) is 308. The van der Waals surface area contributed by atoms with Crippen LogP contribution in [-0.2, 0) is 109 Å². The predicted octanol–water partition coefficient (Wildman–Crippen LogP) is -8.33. The van der Waals surface area contributed by atoms with Crippen molar-refractivity contribution in [3.63, 3.8) is 0 Å². The molecule has 0 aliphatic carbocycles. The van der Waals surface area contributed by atoms with Gasteiger partial charge in [-0.15, -0.1) is 0 Å². The molecule has 9 aliphatic heterocycles. The summed E-state index contributed by atoms with van der Waals surface area (Å²) in [6.07, 6.45) is -62.6. The van der Waals surface area contributed by atoms with E-state index < -0.39 is 383 Å². The van der Waals surface area contributed by atoms with Gasteiger partial charge in [-0.3, -0.25) is 19.2 Å². The van der Waals surface area contributed by atoms with Crippen molar-refractivity contribution >= 4 is 29.6 Å². The summed E-state index contributed by atoms with van der Waals surface area (Å²) >= 11 is 0. The van der Waals surface area contributed by atoms with Gasteiger partial charge in [-0.2, -0.15) is 0 Å². The van der Waals surface area contributed by atoms with E-state index in [4.69, 9.17) is 85.3 Å². The molecule has 0 aromatic rings. The second-order valence-corrected chi connectivity index (χ2v) is 40.5. The van der Waals surface area contributed by atoms with Crippen LogP contribution in [0.5, 0.6) is 0 Å². The minimum absolute atomic E-state index is 0.118. The maximum atomic E-state index is 13.8. The number of aliphatic hydroxyl groups excluding tert-OH is 25. The molecule has 0 spiro atoms. The molecule has 150 heavy (non-hydrogen) atoms. The van der Waals surface area contributed by atoms with Crippen molar-refractivity contribution < 1.29 is 242 Å². The molecular weight excluding hydrogens is 2010 g/mol. The number of rotatable bonds is 61. The highest BCUT2D eigenvalue weighted by Gasteiger charge is 2.65. The first-order valence-electron chi connectivity index (χ1n) is 52.8. The molecule has 0 saturated carbocycles. The molecule has 0 radical (unpaired) electrons. The molecule has 9 aliphatic rings. The maximum absolute atomic E-state index is 13.8. The molecule has 9 saturated heterocycles. The smallest absolute Gasteiger partial charge is 0.364 e. The van der Waals surface area contributed by atoms with Gasteiger partial charge >= 0.3 is 5.97 Å². The number of aliphatic carboxylic acids is 1. The van der Waals surface area contributed by atoms with Crippen molar-refractivity contribution in [2.24, 2.45) is 0 Å². The average molecular weight is 2180 g/mol. The Morgan fingerprint density at radius 1 is 0.360 bits per heavy atom. The third-order valence-electron chi connectivity index (χ3n) is 28.9. The van der Waals surface area contributed by atoms with Crippen LogP contribution in [0, 0.1) is 0 Å². The number of amides is 4. The molecule has 9 fully saturated rings. The zero-order chi connectivity index (χ0) is 110. The number of aliphatic hydroxyl groups is 25. The molecule has 30 N–H and O–H groups in total. The largest absolute Gasteiger partial charge is 0.477 e. The Kier molecular flexibility index (Phi) is 54.4. The van der Waals surface area contributed by atoms with Crippen LogP contribution in [0.15, 0.2) is 12.2 Å². The lowest BCUT2D eigenvalue weighted by atomic mass is 9.88. The van der Waals surface area contributed by atoms with E-state index >= 15 is 0 Å². The van der Waals surface area contributed by atoms with Crippen LogP contribution in [0.4, 0.5) is 0 Å². The third kappa shape index (κ3) is 34.7. The average Bonchev–Trinajstić information content (AvgIpc) is 0.747. The van der Waals surface area contributed by atoms with E-state index in [2.05, 4.69) is 35.1 Å². The summed E-state index contributed by atoms with van der Waals surface area (Å²) in [5.41, 5.74) is 0. The van der Waals surface area contributed by atoms with Crippen molar-refractivity contribution in [1.82, 2.24) is 21.3 Å². The van der Waals surface area contributed by atoms with Gasteiger partial charge in [0.25, 0.3) is 5.79 Å². The first-order chi connectivity index (χ1) is 71.5. The number of hydrogen-bond acceptors (Lipinski definition) is 48. The lowest BCUT2D eigenvalue weighted by Gasteiger charge is -2.53. The van der Waals surface area contributed by atoms with E-state index in [9.17, 15) is 157 Å². The minimum Gasteiger partial charge on any atom is -0.477 e. The second kappa shape index (κ2) is 63.4. The van der Waals surface area contributed by atoms with E-state index in [1.807, 2.05) is 0 Å². The van der Waals surface area contributed by atoms with Crippen molar-refractivity contribution in [2.45, 2.75) is 516 Å². The van der Waals surface area contributed by atoms with Crippen LogP contribution >= 0.6 is 0 Å². The Morgan fingerprint density at radius 2 is 0.693 bits per heavy atom. The van der Waals surface area contributed by atoms with E-state index in [0.29, 0.717) is 12.8 Å². The van der Waals surface area contributed by atoms with Gasteiger partial charge in [-0.1, -0.05) is 167 Å². The third-order valence-corrected chi connectivity index (χ3v) is 28.9. The highest BCUT2D eigenvalue weighted by atomic mass is 16.8. The van der Waals surface area contributed by atoms with Gasteiger partial charge in [0.05, 0.1) is 89.4 Å². The Hall–Kier alpha value is -4.63. The topological polar surface area (TPSA) is 826 Å². The van der Waals surface area contributed by atoms with Gasteiger partial charge in [0, 0.05) is 33.6 Å². The van der Waals surface area contributed by atoms with Crippen LogP contribution in [0.25, 0.3) is 0 Å². The summed E-state index contributed by atoms with van der Waals surface area (Å²) < 4.78 is 110. The first kappa shape index (κ1) is 129. The van der Waals surface area contributed by atoms with Gasteiger partial charge in [0.15, 0.2) is 50.3 Å². The molecule has 53 nitrogen and oxygen atoms in total. The summed E-state index contributed by atoms with van der Waals surface area (Å²) in [5.74, 6) is -8.91. The Balaban J connectivity index is 0.965. The fourth-order valence-electron chi connectivity index (χ4n) is 20.2. The number of carbonyl (C=O) groups excluding carboxylic acids is 4. The van der Waals surface area contributed by atoms with Crippen LogP contribution < -0.4 is 21.3 Å². The highest BCUT2D eigenvalue weighted by molar-refractivity contribution is 5.77. The number of hydrogen-bond donors (Lipinski definition) is 30. The lowest BCUT2D eigenvalue weighted by Crippen LogP contribution is -2.72. The molecule has 9 heterocycles. The highest BCUT2D eigenvalue weighted by Crippen LogP contribution is 2.44. The molecule has 18 unspecified atom stereocenters. The molecule has 0 bridgehead atoms. The Labute approximate surface area is 870 Å². The van der Waals surface area contributed by atoms with Gasteiger partial charge in [0.1, 0.15) is 201 Å². The summed E-state index contributed by atoms with van der Waals surface area (Å²) in [7, 11) is 0. The van der Waals surface area contributed by atoms with Crippen LogP contribution in [-0.4, -0.2) is 509 Å². The SMILES string of the molecule is CCCCCCCCCCCCC/C=C/[C@@H](O)[C@H](CO[C@@H]1OC(CO)[C@@H](O[C@@H]2OC(CO)[C@H](O)[C@H](O[C@@H]3OC(CO)[C@@H](O[C@@H]4OC(CO)[C@H](O)[C@H](O[C@@H]5OC(CO)[C@@H](O[C@@H]6OC(CO)[C@H](O)[C@H](O[C@]7(C(=O)O)CC(O)[C@@H](NC(C)=O)C([C@H](O)[C@H](O)CO)O7)C6O)[C@H](O[C@H]6OC(C)[C@@H](O)C(O)[C@@H]6O)C5NC(C)=O)C4O)[C@H](O[C@H]4OC(C)[C@@H](O)C(O)[C@@H]4O)C3NC(C)=O)C2O)[C@H](O)C1O)NC(=O)CCCCCCCCCCCCCCC. The molecule has 0 aromatic heterocycles. The van der Waals surface area contributed by atoms with E-state index in [1.165, 1.54) is 103 Å². The van der Waals surface area contributed by atoms with Crippen molar-refractivity contribution in [2.75, 3.05) is 52.9 Å². The first-order valence-corrected chi connectivity index (χ1v) is 52.8. The normalized spacial score (nSPS) is 40.5. The van der Waals surface area contributed by atoms with E-state index in [0.717, 1.165) is 85.0 Å². The molecule has 0 aromatic carbocycles. The minimum atomic E-state index is -3.36. The summed E-state index contributed by atoms with van der Waals surface area (Å²) in [6.45, 7) is 0.505. The van der Waals surface area contributed by atoms with Gasteiger partial charge in [0.2, 0.25) is 23.6 Å². The van der Waals surface area contributed by atoms with Crippen LogP contribution in [0.2, 0.25) is 0 Å². The molecule has 4 amide bonds. The van der Waals surface area contributed by atoms with Crippen LogP contribution in [0.3, 0.4) is 0 Å². The number of carboxylic acid groups (broad SMARTS) is 1. The number of carbonyl (C=O) groups is 5. The maximum Gasteiger partial charge on any atom is 0.364 e. The number of allylic oxidation sites excluding steroid dienone is 1. The quantitative estimate of drug-likeness (QED) is 0.0199. The van der Waals surface area contributed by atoms with E-state index in [-0.39, 0.29) is 6.42 Å². The monoisotopic (exact) mass is 2180 g/mol. The number of unbranched alkanes of at least 4 members (excludes halogenated alkanes) is 23. The molecule has 53 heteroatoms. The summed E-state index contributed by atoms with van der Waals surface area (Å²) in [6, 6.07) is -7.16. The van der Waals surface area contributed by atoms with Crippen molar-refractivity contribution in [3.8, 4) is 0 Å².